The monoisotopic (exact) mass is 503 g/mol. The fraction of sp³-hybridized carbons (Fsp3) is 0.208. The molecule has 2 N–H and O–H groups in total. The topological polar surface area (TPSA) is 90.0 Å². The maximum Gasteiger partial charge on any atom is 0.278 e. The number of allylic oxidation sites excluding steroid dienone is 1. The number of aliphatic hydroxyl groups is 1. The number of rotatable bonds is 5. The maximum atomic E-state index is 13.9. The Morgan fingerprint density at radius 1 is 1.23 bits per heavy atom. The van der Waals surface area contributed by atoms with Crippen LogP contribution in [0.4, 0.5) is 18.9 Å². The third kappa shape index (κ3) is 4.76. The zero-order valence-corrected chi connectivity index (χ0v) is 19.2. The van der Waals surface area contributed by atoms with Crippen molar-refractivity contribution < 1.29 is 32.7 Å². The first-order valence-electron chi connectivity index (χ1n) is 10.5. The molecule has 0 spiro atoms. The van der Waals surface area contributed by atoms with Crippen molar-refractivity contribution in [3.63, 3.8) is 0 Å². The smallest absolute Gasteiger partial charge is 0.278 e. The normalized spacial score (nSPS) is 19.1. The number of aldehydes is 1. The van der Waals surface area contributed by atoms with Crippen molar-refractivity contribution in [2.75, 3.05) is 17.2 Å². The SMILES string of the molecule is C/C(O)=C1/C(=O)N2C[C@H](CSc3ccccc32)N1/C=C(\C=O)C(=O)NCc1c(F)cc(F)cc1F. The Morgan fingerprint density at radius 3 is 2.57 bits per heavy atom. The van der Waals surface area contributed by atoms with Crippen molar-refractivity contribution in [2.45, 2.75) is 24.4 Å². The first-order chi connectivity index (χ1) is 16.7. The Morgan fingerprint density at radius 2 is 1.91 bits per heavy atom. The predicted molar refractivity (Wildman–Crippen MR) is 123 cm³/mol. The van der Waals surface area contributed by atoms with Crippen LogP contribution in [0.2, 0.25) is 0 Å². The number of amides is 2. The number of aliphatic hydroxyl groups excluding tert-OH is 1. The van der Waals surface area contributed by atoms with Crippen molar-refractivity contribution in [3.05, 3.63) is 82.6 Å². The van der Waals surface area contributed by atoms with Gasteiger partial charge in [0, 0.05) is 47.6 Å². The standard InChI is InChI=1S/C24H20F3N3O4S/c1-13(32)22-24(34)30-10-16(12-35-21-5-3-2-4-20(21)30)29(22)9-14(11-31)23(33)28-8-17-18(26)6-15(25)7-19(17)27/h2-7,9,11,16,32H,8,10,12H2,1H3,(H,28,33)/b14-9+,22-13+/t16-/m1/s1. The fourth-order valence-corrected chi connectivity index (χ4v) is 5.09. The molecule has 2 aliphatic rings. The summed E-state index contributed by atoms with van der Waals surface area (Å²) in [5, 5.41) is 12.6. The minimum Gasteiger partial charge on any atom is -0.510 e. The molecule has 2 bridgehead atoms. The molecule has 2 amide bonds. The highest BCUT2D eigenvalue weighted by molar-refractivity contribution is 7.99. The molecule has 1 atom stereocenters. The van der Waals surface area contributed by atoms with E-state index in [0.717, 1.165) is 11.1 Å². The molecule has 0 unspecified atom stereocenters. The molecule has 2 heterocycles. The summed E-state index contributed by atoms with van der Waals surface area (Å²) in [6.45, 7) is 0.938. The Labute approximate surface area is 202 Å². The number of hydrogen-bond donors (Lipinski definition) is 2. The van der Waals surface area contributed by atoms with Gasteiger partial charge in [-0.05, 0) is 19.1 Å². The largest absolute Gasteiger partial charge is 0.510 e. The Kier molecular flexibility index (Phi) is 6.88. The number of para-hydroxylation sites is 1. The minimum absolute atomic E-state index is 0.0960. The number of halogens is 3. The van der Waals surface area contributed by atoms with Gasteiger partial charge in [0.25, 0.3) is 11.8 Å². The van der Waals surface area contributed by atoms with Crippen molar-refractivity contribution in [1.82, 2.24) is 10.2 Å². The van der Waals surface area contributed by atoms with Gasteiger partial charge in [-0.1, -0.05) is 12.1 Å². The molecule has 182 valence electrons. The summed E-state index contributed by atoms with van der Waals surface area (Å²) < 4.78 is 40.9. The van der Waals surface area contributed by atoms with Gasteiger partial charge in [-0.2, -0.15) is 0 Å². The van der Waals surface area contributed by atoms with Crippen LogP contribution in [-0.4, -0.2) is 46.4 Å². The van der Waals surface area contributed by atoms with Crippen LogP contribution in [0.1, 0.15) is 12.5 Å². The van der Waals surface area contributed by atoms with Gasteiger partial charge in [0.1, 0.15) is 28.9 Å². The molecule has 2 aliphatic heterocycles. The summed E-state index contributed by atoms with van der Waals surface area (Å²) in [6, 6.07) is 7.90. The number of nitrogens with one attached hydrogen (secondary N) is 1. The second-order valence-corrected chi connectivity index (χ2v) is 8.98. The lowest BCUT2D eigenvalue weighted by Crippen LogP contribution is -2.54. The van der Waals surface area contributed by atoms with Gasteiger partial charge in [-0.25, -0.2) is 13.2 Å². The molecule has 0 saturated carbocycles. The average Bonchev–Trinajstić information content (AvgIpc) is 2.98. The Bertz CT molecular complexity index is 1250. The lowest BCUT2D eigenvalue weighted by atomic mass is 10.1. The number of piperazine rings is 1. The van der Waals surface area contributed by atoms with Crippen LogP contribution in [0.3, 0.4) is 0 Å². The van der Waals surface area contributed by atoms with E-state index in [1.54, 1.807) is 17.0 Å². The molecule has 4 rings (SSSR count). The zero-order chi connectivity index (χ0) is 25.3. The van der Waals surface area contributed by atoms with Gasteiger partial charge in [-0.3, -0.25) is 14.4 Å². The van der Waals surface area contributed by atoms with Crippen molar-refractivity contribution in [2.24, 2.45) is 0 Å². The first-order valence-corrected chi connectivity index (χ1v) is 11.5. The minimum atomic E-state index is -1.18. The van der Waals surface area contributed by atoms with Gasteiger partial charge in [0.15, 0.2) is 6.29 Å². The van der Waals surface area contributed by atoms with E-state index in [9.17, 15) is 32.7 Å². The van der Waals surface area contributed by atoms with Crippen molar-refractivity contribution >= 4 is 35.5 Å². The summed E-state index contributed by atoms with van der Waals surface area (Å²) in [6.07, 6.45) is 1.39. The fourth-order valence-electron chi connectivity index (χ4n) is 3.95. The molecule has 2 aromatic rings. The summed E-state index contributed by atoms with van der Waals surface area (Å²) in [5.41, 5.74) is -0.399. The van der Waals surface area contributed by atoms with Crippen LogP contribution in [0.15, 0.2) is 64.5 Å². The quantitative estimate of drug-likeness (QED) is 0.214. The van der Waals surface area contributed by atoms with Crippen LogP contribution in [-0.2, 0) is 20.9 Å². The highest BCUT2D eigenvalue weighted by atomic mass is 32.2. The number of thioether (sulfide) groups is 1. The van der Waals surface area contributed by atoms with Crippen LogP contribution >= 0.6 is 11.8 Å². The van der Waals surface area contributed by atoms with Gasteiger partial charge in [0.05, 0.1) is 17.3 Å². The second kappa shape index (κ2) is 9.87. The Hall–Kier alpha value is -3.73. The van der Waals surface area contributed by atoms with Gasteiger partial charge >= 0.3 is 0 Å². The number of nitrogens with zero attached hydrogens (tertiary/aromatic N) is 2. The van der Waals surface area contributed by atoms with Crippen LogP contribution in [0.5, 0.6) is 0 Å². The number of anilines is 1. The number of hydrogen-bond acceptors (Lipinski definition) is 6. The highest BCUT2D eigenvalue weighted by Crippen LogP contribution is 2.39. The van der Waals surface area contributed by atoms with Crippen LogP contribution in [0.25, 0.3) is 0 Å². The predicted octanol–water partition coefficient (Wildman–Crippen LogP) is 3.42. The molecular weight excluding hydrogens is 483 g/mol. The number of benzene rings is 2. The summed E-state index contributed by atoms with van der Waals surface area (Å²) >= 11 is 1.49. The third-order valence-electron chi connectivity index (χ3n) is 5.62. The zero-order valence-electron chi connectivity index (χ0n) is 18.4. The molecule has 2 aromatic carbocycles. The Balaban J connectivity index is 1.62. The molecule has 11 heteroatoms. The highest BCUT2D eigenvalue weighted by Gasteiger charge is 2.40. The molecule has 7 nitrogen and oxygen atoms in total. The van der Waals surface area contributed by atoms with E-state index in [0.29, 0.717) is 23.6 Å². The average molecular weight is 504 g/mol. The van der Waals surface area contributed by atoms with Crippen LogP contribution < -0.4 is 10.2 Å². The van der Waals surface area contributed by atoms with E-state index < -0.39 is 53.0 Å². The number of fused-ring (bicyclic) bond motifs is 4. The van der Waals surface area contributed by atoms with Gasteiger partial charge in [0.2, 0.25) is 0 Å². The van der Waals surface area contributed by atoms with E-state index in [1.165, 1.54) is 23.6 Å². The summed E-state index contributed by atoms with van der Waals surface area (Å²) in [4.78, 5) is 41.5. The lowest BCUT2D eigenvalue weighted by Gasteiger charge is -2.40. The van der Waals surface area contributed by atoms with E-state index in [4.69, 9.17) is 0 Å². The maximum absolute atomic E-state index is 13.9. The van der Waals surface area contributed by atoms with Crippen molar-refractivity contribution in [3.8, 4) is 0 Å². The summed E-state index contributed by atoms with van der Waals surface area (Å²) in [5.74, 6) is -4.75. The van der Waals surface area contributed by atoms with Crippen LogP contribution in [0, 0.1) is 17.5 Å². The molecule has 1 saturated heterocycles. The second-order valence-electron chi connectivity index (χ2n) is 7.92. The lowest BCUT2D eigenvalue weighted by molar-refractivity contribution is -0.120. The van der Waals surface area contributed by atoms with E-state index in [1.807, 2.05) is 12.1 Å². The van der Waals surface area contributed by atoms with E-state index in [-0.39, 0.29) is 24.3 Å². The molecule has 0 radical (unpaired) electrons. The molecule has 1 fully saturated rings. The van der Waals surface area contributed by atoms with E-state index >= 15 is 0 Å². The first kappa shape index (κ1) is 24.4. The van der Waals surface area contributed by atoms with Crippen molar-refractivity contribution in [1.29, 1.82) is 0 Å². The summed E-state index contributed by atoms with van der Waals surface area (Å²) in [7, 11) is 0. The van der Waals surface area contributed by atoms with E-state index in [2.05, 4.69) is 5.32 Å². The molecule has 0 aromatic heterocycles. The van der Waals surface area contributed by atoms with Gasteiger partial charge < -0.3 is 20.2 Å². The number of carbonyl (C=O) groups is 3. The molecule has 0 aliphatic carbocycles. The molecule has 35 heavy (non-hydrogen) atoms. The molecular formula is C24H20F3N3O4S. The number of carbonyl (C=O) groups excluding carboxylic acids is 3. The van der Waals surface area contributed by atoms with Gasteiger partial charge in [-0.15, -0.1) is 11.8 Å². The third-order valence-corrected chi connectivity index (χ3v) is 6.83.